The Hall–Kier alpha value is -2.48. The van der Waals surface area contributed by atoms with Crippen molar-refractivity contribution in [2.45, 2.75) is 39.2 Å². The smallest absolute Gasteiger partial charge is 0.308 e. The summed E-state index contributed by atoms with van der Waals surface area (Å²) in [6, 6.07) is 6.49. The normalized spacial score (nSPS) is 16.7. The highest BCUT2D eigenvalue weighted by Crippen LogP contribution is 2.15. The van der Waals surface area contributed by atoms with Crippen LogP contribution < -0.4 is 10.6 Å². The van der Waals surface area contributed by atoms with Gasteiger partial charge in [0.1, 0.15) is 6.04 Å². The average molecular weight is 391 g/mol. The third-order valence-electron chi connectivity index (χ3n) is 4.32. The fraction of sp³-hybridized carbons (Fsp3) is 0.474. The van der Waals surface area contributed by atoms with Gasteiger partial charge in [0.2, 0.25) is 5.91 Å². The fourth-order valence-corrected chi connectivity index (χ4v) is 3.11. The first kappa shape index (κ1) is 20.8. The van der Waals surface area contributed by atoms with Crippen LogP contribution >= 0.6 is 12.2 Å². The number of nitrogens with one attached hydrogen (secondary N) is 2. The summed E-state index contributed by atoms with van der Waals surface area (Å²) in [6.07, 6.45) is -0.126. The summed E-state index contributed by atoms with van der Waals surface area (Å²) in [4.78, 5) is 38.0. The van der Waals surface area contributed by atoms with Crippen molar-refractivity contribution in [2.24, 2.45) is 0 Å². The van der Waals surface area contributed by atoms with E-state index in [9.17, 15) is 14.4 Å². The Balaban J connectivity index is 2.06. The lowest BCUT2D eigenvalue weighted by Crippen LogP contribution is -2.60. The molecule has 1 aliphatic rings. The highest BCUT2D eigenvalue weighted by molar-refractivity contribution is 7.80. The van der Waals surface area contributed by atoms with E-state index in [0.717, 1.165) is 5.56 Å². The molecule has 1 aromatic rings. The molecule has 0 aromatic heterocycles. The van der Waals surface area contributed by atoms with E-state index in [1.165, 1.54) is 0 Å². The van der Waals surface area contributed by atoms with E-state index < -0.39 is 12.0 Å². The zero-order chi connectivity index (χ0) is 20.0. The molecule has 7 nitrogen and oxygen atoms in total. The molecular weight excluding hydrogens is 366 g/mol. The van der Waals surface area contributed by atoms with Gasteiger partial charge in [-0.05, 0) is 42.8 Å². The van der Waals surface area contributed by atoms with E-state index in [0.29, 0.717) is 24.6 Å². The number of carbonyl (C=O) groups excluding carboxylic acids is 3. The molecule has 0 spiro atoms. The number of nitrogens with zero attached hydrogens (tertiary/aromatic N) is 1. The molecule has 2 N–H and O–H groups in total. The summed E-state index contributed by atoms with van der Waals surface area (Å²) in [7, 11) is 0. The Labute approximate surface area is 164 Å². The van der Waals surface area contributed by atoms with Gasteiger partial charge in [0.05, 0.1) is 13.0 Å². The van der Waals surface area contributed by atoms with Crippen molar-refractivity contribution >= 4 is 35.1 Å². The third-order valence-corrected chi connectivity index (χ3v) is 4.65. The van der Waals surface area contributed by atoms with Gasteiger partial charge >= 0.3 is 5.97 Å². The van der Waals surface area contributed by atoms with Crippen LogP contribution in [0.1, 0.15) is 49.0 Å². The van der Waals surface area contributed by atoms with E-state index in [4.69, 9.17) is 17.0 Å². The Bertz CT molecular complexity index is 718. The molecule has 8 heteroatoms. The first-order chi connectivity index (χ1) is 12.8. The molecular formula is C19H25N3O4S. The number of rotatable bonds is 5. The molecule has 2 amide bonds. The molecule has 2 rings (SSSR count). The zero-order valence-electron chi connectivity index (χ0n) is 15.8. The van der Waals surface area contributed by atoms with Crippen molar-refractivity contribution in [1.82, 2.24) is 15.5 Å². The van der Waals surface area contributed by atoms with Crippen LogP contribution in [0.2, 0.25) is 0 Å². The van der Waals surface area contributed by atoms with Crippen LogP contribution in [0.15, 0.2) is 24.3 Å². The Morgan fingerprint density at radius 2 is 2.00 bits per heavy atom. The standard InChI is InChI=1S/C19H25N3O4S/c1-4-26-16(23)11-15-18(25)20-9-10-22(15)19(27)21-17(24)14-7-5-13(6-8-14)12(2)3/h5-8,12,15H,4,9-11H2,1-3H3,(H,20,25)(H,21,24,27)/t15-/m1/s1. The van der Waals surface area contributed by atoms with Crippen molar-refractivity contribution in [1.29, 1.82) is 0 Å². The van der Waals surface area contributed by atoms with E-state index in [1.54, 1.807) is 24.0 Å². The molecule has 146 valence electrons. The highest BCUT2D eigenvalue weighted by Gasteiger charge is 2.34. The predicted molar refractivity (Wildman–Crippen MR) is 105 cm³/mol. The number of esters is 1. The molecule has 0 unspecified atom stereocenters. The molecule has 1 heterocycles. The number of hydrogen-bond acceptors (Lipinski definition) is 5. The van der Waals surface area contributed by atoms with Crippen molar-refractivity contribution in [3.63, 3.8) is 0 Å². The predicted octanol–water partition coefficient (Wildman–Crippen LogP) is 1.58. The summed E-state index contributed by atoms with van der Waals surface area (Å²) in [5.74, 6) is -0.773. The van der Waals surface area contributed by atoms with Crippen LogP contribution in [0.5, 0.6) is 0 Å². The maximum absolute atomic E-state index is 12.5. The summed E-state index contributed by atoms with van der Waals surface area (Å²) in [6.45, 7) is 6.88. The van der Waals surface area contributed by atoms with Gasteiger partial charge in [0, 0.05) is 18.7 Å². The Morgan fingerprint density at radius 3 is 2.59 bits per heavy atom. The summed E-state index contributed by atoms with van der Waals surface area (Å²) in [5, 5.41) is 5.48. The van der Waals surface area contributed by atoms with Crippen LogP contribution in [0.3, 0.4) is 0 Å². The Kier molecular flexibility index (Phi) is 7.29. The number of benzene rings is 1. The van der Waals surface area contributed by atoms with Gasteiger partial charge < -0.3 is 15.0 Å². The molecule has 1 aliphatic heterocycles. The minimum absolute atomic E-state index is 0.122. The van der Waals surface area contributed by atoms with Gasteiger partial charge in [-0.3, -0.25) is 19.7 Å². The van der Waals surface area contributed by atoms with Crippen molar-refractivity contribution in [3.8, 4) is 0 Å². The van der Waals surface area contributed by atoms with E-state index >= 15 is 0 Å². The quantitative estimate of drug-likeness (QED) is 0.585. The fourth-order valence-electron chi connectivity index (χ4n) is 2.80. The zero-order valence-corrected chi connectivity index (χ0v) is 16.6. The number of ether oxygens (including phenoxy) is 1. The number of thiocarbonyl (C=S) groups is 1. The van der Waals surface area contributed by atoms with Crippen LogP contribution in [0.4, 0.5) is 0 Å². The van der Waals surface area contributed by atoms with Crippen molar-refractivity contribution in [2.75, 3.05) is 19.7 Å². The third kappa shape index (κ3) is 5.50. The lowest BCUT2D eigenvalue weighted by atomic mass is 10.0. The molecule has 1 atom stereocenters. The van der Waals surface area contributed by atoms with Gasteiger partial charge in [-0.25, -0.2) is 0 Å². The molecule has 27 heavy (non-hydrogen) atoms. The van der Waals surface area contributed by atoms with E-state index in [2.05, 4.69) is 24.5 Å². The van der Waals surface area contributed by atoms with Gasteiger partial charge in [-0.15, -0.1) is 0 Å². The second kappa shape index (κ2) is 9.45. The van der Waals surface area contributed by atoms with E-state index in [1.807, 2.05) is 12.1 Å². The lowest BCUT2D eigenvalue weighted by Gasteiger charge is -2.36. The minimum atomic E-state index is -0.797. The first-order valence-electron chi connectivity index (χ1n) is 8.98. The molecule has 1 aromatic carbocycles. The number of hydrogen-bond donors (Lipinski definition) is 2. The molecule has 0 radical (unpaired) electrons. The minimum Gasteiger partial charge on any atom is -0.466 e. The lowest BCUT2D eigenvalue weighted by molar-refractivity contribution is -0.147. The summed E-state index contributed by atoms with van der Waals surface area (Å²) < 4.78 is 4.93. The molecule has 1 fully saturated rings. The number of amides is 2. The van der Waals surface area contributed by atoms with Crippen LogP contribution in [-0.2, 0) is 14.3 Å². The van der Waals surface area contributed by atoms with Gasteiger partial charge in [0.15, 0.2) is 5.11 Å². The molecule has 0 saturated carbocycles. The summed E-state index contributed by atoms with van der Waals surface area (Å²) >= 11 is 5.33. The van der Waals surface area contributed by atoms with Crippen LogP contribution in [0.25, 0.3) is 0 Å². The van der Waals surface area contributed by atoms with Gasteiger partial charge in [-0.1, -0.05) is 26.0 Å². The van der Waals surface area contributed by atoms with Crippen molar-refractivity contribution < 1.29 is 19.1 Å². The van der Waals surface area contributed by atoms with Crippen LogP contribution in [-0.4, -0.2) is 53.5 Å². The SMILES string of the molecule is CCOC(=O)C[C@@H]1C(=O)NCCN1C(=S)NC(=O)c1ccc(C(C)C)cc1. The largest absolute Gasteiger partial charge is 0.466 e. The van der Waals surface area contributed by atoms with Crippen molar-refractivity contribution in [3.05, 3.63) is 35.4 Å². The molecule has 0 bridgehead atoms. The first-order valence-corrected chi connectivity index (χ1v) is 9.39. The second-order valence-electron chi connectivity index (χ2n) is 6.55. The number of carbonyl (C=O) groups is 3. The highest BCUT2D eigenvalue weighted by atomic mass is 32.1. The monoisotopic (exact) mass is 391 g/mol. The maximum atomic E-state index is 12.5. The average Bonchev–Trinajstić information content (AvgIpc) is 2.63. The number of piperazine rings is 1. The summed E-state index contributed by atoms with van der Waals surface area (Å²) in [5.41, 5.74) is 1.61. The van der Waals surface area contributed by atoms with Gasteiger partial charge in [-0.2, -0.15) is 0 Å². The maximum Gasteiger partial charge on any atom is 0.308 e. The second-order valence-corrected chi connectivity index (χ2v) is 6.93. The van der Waals surface area contributed by atoms with E-state index in [-0.39, 0.29) is 30.0 Å². The van der Waals surface area contributed by atoms with Crippen LogP contribution in [0, 0.1) is 0 Å². The molecule has 1 saturated heterocycles. The molecule has 0 aliphatic carbocycles. The Morgan fingerprint density at radius 1 is 1.33 bits per heavy atom. The topological polar surface area (TPSA) is 87.7 Å². The van der Waals surface area contributed by atoms with Gasteiger partial charge in [0.25, 0.3) is 5.91 Å².